The molecule has 1 aromatic rings. The highest BCUT2D eigenvalue weighted by molar-refractivity contribution is 7.14. The van der Waals surface area contributed by atoms with Crippen LogP contribution in [0.15, 0.2) is 22.5 Å². The van der Waals surface area contributed by atoms with Gasteiger partial charge in [-0.25, -0.2) is 0 Å². The van der Waals surface area contributed by atoms with Crippen LogP contribution in [0.4, 0.5) is 5.00 Å². The fourth-order valence-corrected chi connectivity index (χ4v) is 3.30. The predicted octanol–water partition coefficient (Wildman–Crippen LogP) is 2.26. The molecular formula is C16H28N4OS. The predicted molar refractivity (Wildman–Crippen MR) is 95.2 cm³/mol. The molecule has 1 aliphatic rings. The van der Waals surface area contributed by atoms with Gasteiger partial charge in [0.15, 0.2) is 5.96 Å². The topological polar surface area (TPSA) is 40.1 Å². The van der Waals surface area contributed by atoms with E-state index >= 15 is 0 Å². The Kier molecular flexibility index (Phi) is 6.99. The quantitative estimate of drug-likeness (QED) is 0.495. The van der Waals surface area contributed by atoms with Crippen molar-refractivity contribution in [1.29, 1.82) is 0 Å². The van der Waals surface area contributed by atoms with Crippen molar-refractivity contribution in [3.8, 4) is 0 Å². The molecular weight excluding hydrogens is 296 g/mol. The summed E-state index contributed by atoms with van der Waals surface area (Å²) >= 11 is 1.81. The molecule has 0 amide bonds. The van der Waals surface area contributed by atoms with Gasteiger partial charge in [-0.1, -0.05) is 0 Å². The van der Waals surface area contributed by atoms with Crippen LogP contribution in [0.2, 0.25) is 0 Å². The molecule has 2 heterocycles. The summed E-state index contributed by atoms with van der Waals surface area (Å²) in [7, 11) is 1.86. The normalized spacial score (nSPS) is 16.5. The minimum atomic E-state index is 0.310. The number of anilines is 1. The van der Waals surface area contributed by atoms with Gasteiger partial charge in [-0.3, -0.25) is 4.99 Å². The molecule has 0 spiro atoms. The van der Waals surface area contributed by atoms with Crippen LogP contribution in [-0.4, -0.2) is 63.3 Å². The molecule has 1 saturated heterocycles. The summed E-state index contributed by atoms with van der Waals surface area (Å²) < 4.78 is 5.56. The second-order valence-corrected chi connectivity index (χ2v) is 6.60. The lowest BCUT2D eigenvalue weighted by Crippen LogP contribution is -2.52. The van der Waals surface area contributed by atoms with Crippen molar-refractivity contribution in [1.82, 2.24) is 10.2 Å². The first-order chi connectivity index (χ1) is 10.7. The lowest BCUT2D eigenvalue weighted by atomic mass is 10.3. The van der Waals surface area contributed by atoms with Crippen LogP contribution in [0.5, 0.6) is 0 Å². The molecule has 0 atom stereocenters. The van der Waals surface area contributed by atoms with Crippen LogP contribution < -0.4 is 10.2 Å². The van der Waals surface area contributed by atoms with Gasteiger partial charge in [-0.05, 0) is 37.8 Å². The fraction of sp³-hybridized carbons (Fsp3) is 0.688. The largest absolute Gasteiger partial charge is 0.379 e. The van der Waals surface area contributed by atoms with Crippen LogP contribution in [0, 0.1) is 0 Å². The first-order valence-corrected chi connectivity index (χ1v) is 8.94. The molecule has 1 fully saturated rings. The van der Waals surface area contributed by atoms with E-state index in [1.54, 1.807) is 0 Å². The Bertz CT molecular complexity index is 439. The second kappa shape index (κ2) is 9.00. The molecule has 22 heavy (non-hydrogen) atoms. The Morgan fingerprint density at radius 1 is 1.36 bits per heavy atom. The molecule has 0 bridgehead atoms. The minimum Gasteiger partial charge on any atom is -0.379 e. The van der Waals surface area contributed by atoms with Crippen LogP contribution in [0.1, 0.15) is 20.3 Å². The van der Waals surface area contributed by atoms with Crippen LogP contribution in [-0.2, 0) is 4.74 Å². The summed E-state index contributed by atoms with van der Waals surface area (Å²) in [5, 5.41) is 6.95. The van der Waals surface area contributed by atoms with Gasteiger partial charge in [0.2, 0.25) is 0 Å². The second-order valence-electron chi connectivity index (χ2n) is 5.67. The number of hydrogen-bond acceptors (Lipinski definition) is 4. The third-order valence-electron chi connectivity index (χ3n) is 3.66. The molecule has 0 aromatic carbocycles. The van der Waals surface area contributed by atoms with Gasteiger partial charge in [0.25, 0.3) is 0 Å². The summed E-state index contributed by atoms with van der Waals surface area (Å²) in [6, 6.07) is 4.31. The zero-order valence-corrected chi connectivity index (χ0v) is 14.7. The van der Waals surface area contributed by atoms with Crippen LogP contribution >= 0.6 is 11.3 Å². The van der Waals surface area contributed by atoms with Crippen molar-refractivity contribution in [2.75, 3.05) is 51.3 Å². The lowest BCUT2D eigenvalue weighted by Gasteiger charge is -2.37. The summed E-state index contributed by atoms with van der Waals surface area (Å²) in [5.41, 5.74) is 0. The molecule has 0 aliphatic carbocycles. The smallest absolute Gasteiger partial charge is 0.193 e. The first kappa shape index (κ1) is 17.1. The molecule has 0 unspecified atom stereocenters. The van der Waals surface area contributed by atoms with E-state index in [0.29, 0.717) is 6.10 Å². The van der Waals surface area contributed by atoms with E-state index < -0.39 is 0 Å². The van der Waals surface area contributed by atoms with E-state index in [2.05, 4.69) is 51.5 Å². The standard InChI is InChI=1S/C16H28N4OS/c1-14(2)21-12-5-7-18-16(17-3)20-10-8-19(9-11-20)15-6-4-13-22-15/h4,6,13-14H,5,7-12H2,1-3H3,(H,17,18). The molecule has 1 aromatic heterocycles. The van der Waals surface area contributed by atoms with Gasteiger partial charge < -0.3 is 19.9 Å². The summed E-state index contributed by atoms with van der Waals surface area (Å²) in [5.74, 6) is 1.01. The van der Waals surface area contributed by atoms with Crippen molar-refractivity contribution in [3.63, 3.8) is 0 Å². The minimum absolute atomic E-state index is 0.310. The van der Waals surface area contributed by atoms with Gasteiger partial charge in [0, 0.05) is 46.4 Å². The Hall–Kier alpha value is -1.27. The van der Waals surface area contributed by atoms with Gasteiger partial charge >= 0.3 is 0 Å². The number of ether oxygens (including phenoxy) is 1. The van der Waals surface area contributed by atoms with Crippen molar-refractivity contribution in [2.45, 2.75) is 26.4 Å². The van der Waals surface area contributed by atoms with E-state index in [4.69, 9.17) is 4.74 Å². The lowest BCUT2D eigenvalue weighted by molar-refractivity contribution is 0.0775. The van der Waals surface area contributed by atoms with Crippen molar-refractivity contribution < 1.29 is 4.74 Å². The third kappa shape index (κ3) is 5.18. The number of nitrogens with one attached hydrogen (secondary N) is 1. The van der Waals surface area contributed by atoms with E-state index in [0.717, 1.165) is 51.7 Å². The molecule has 0 radical (unpaired) electrons. The van der Waals surface area contributed by atoms with E-state index in [-0.39, 0.29) is 0 Å². The molecule has 2 rings (SSSR count). The number of thiophene rings is 1. The summed E-state index contributed by atoms with van der Waals surface area (Å²) in [6.45, 7) is 9.98. The number of piperazine rings is 1. The number of nitrogens with zero attached hydrogens (tertiary/aromatic N) is 3. The van der Waals surface area contributed by atoms with Crippen LogP contribution in [0.3, 0.4) is 0 Å². The SMILES string of the molecule is CN=C(NCCCOC(C)C)N1CCN(c2cccs2)CC1. The number of guanidine groups is 1. The van der Waals surface area contributed by atoms with Gasteiger partial charge in [0.05, 0.1) is 11.1 Å². The van der Waals surface area contributed by atoms with Gasteiger partial charge in [-0.15, -0.1) is 11.3 Å². The average Bonchev–Trinajstić information content (AvgIpc) is 3.05. The van der Waals surface area contributed by atoms with Crippen molar-refractivity contribution in [2.24, 2.45) is 4.99 Å². The van der Waals surface area contributed by atoms with E-state index in [9.17, 15) is 0 Å². The van der Waals surface area contributed by atoms with Gasteiger partial charge in [-0.2, -0.15) is 0 Å². The summed E-state index contributed by atoms with van der Waals surface area (Å²) in [6.07, 6.45) is 1.32. The Morgan fingerprint density at radius 3 is 2.73 bits per heavy atom. The Balaban J connectivity index is 1.69. The molecule has 0 saturated carbocycles. The highest BCUT2D eigenvalue weighted by Gasteiger charge is 2.19. The highest BCUT2D eigenvalue weighted by atomic mass is 32.1. The zero-order valence-electron chi connectivity index (χ0n) is 13.9. The molecule has 6 heteroatoms. The first-order valence-electron chi connectivity index (χ1n) is 8.06. The number of aliphatic imine (C=N–C) groups is 1. The Morgan fingerprint density at radius 2 is 2.14 bits per heavy atom. The number of rotatable bonds is 6. The maximum atomic E-state index is 5.56. The van der Waals surface area contributed by atoms with Crippen LogP contribution in [0.25, 0.3) is 0 Å². The maximum Gasteiger partial charge on any atom is 0.193 e. The molecule has 1 N–H and O–H groups in total. The number of hydrogen-bond donors (Lipinski definition) is 1. The van der Waals surface area contributed by atoms with Crippen molar-refractivity contribution in [3.05, 3.63) is 17.5 Å². The Labute approximate surface area is 138 Å². The average molecular weight is 324 g/mol. The fourth-order valence-electron chi connectivity index (χ4n) is 2.51. The molecule has 5 nitrogen and oxygen atoms in total. The highest BCUT2D eigenvalue weighted by Crippen LogP contribution is 2.22. The zero-order chi connectivity index (χ0) is 15.8. The molecule has 1 aliphatic heterocycles. The van der Waals surface area contributed by atoms with Gasteiger partial charge in [0.1, 0.15) is 0 Å². The van der Waals surface area contributed by atoms with E-state index in [1.165, 1.54) is 5.00 Å². The van der Waals surface area contributed by atoms with Crippen molar-refractivity contribution >= 4 is 22.3 Å². The monoisotopic (exact) mass is 324 g/mol. The summed E-state index contributed by atoms with van der Waals surface area (Å²) in [4.78, 5) is 9.20. The maximum absolute atomic E-state index is 5.56. The van der Waals surface area contributed by atoms with E-state index in [1.807, 2.05) is 18.4 Å². The third-order valence-corrected chi connectivity index (χ3v) is 4.59. The molecule has 124 valence electrons.